The van der Waals surface area contributed by atoms with Gasteiger partial charge in [-0.1, -0.05) is 42.9 Å². The highest BCUT2D eigenvalue weighted by molar-refractivity contribution is 7.15. The fourth-order valence-electron chi connectivity index (χ4n) is 3.39. The van der Waals surface area contributed by atoms with Gasteiger partial charge in [0.2, 0.25) is 16.9 Å². The fourth-order valence-corrected chi connectivity index (χ4v) is 4.34. The summed E-state index contributed by atoms with van der Waals surface area (Å²) in [7, 11) is 0. The standard InChI is InChI=1S/C23H22ClN5O3S/c1-13(2)20(31)25-17-5-3-4-14(10-17)21(32)26-23-28-27-22(33-23)15-11-19(30)29(12-15)18-8-6-16(24)7-9-18/h3-10,13,15H,11-12H2,1-2H3,(H,25,31)(H,26,28,32)/t15-/m0/s1. The van der Waals surface area contributed by atoms with Gasteiger partial charge in [-0.2, -0.15) is 0 Å². The highest BCUT2D eigenvalue weighted by Gasteiger charge is 2.34. The maximum Gasteiger partial charge on any atom is 0.257 e. The van der Waals surface area contributed by atoms with Crippen molar-refractivity contribution in [2.75, 3.05) is 22.1 Å². The lowest BCUT2D eigenvalue weighted by atomic mass is 10.1. The Balaban J connectivity index is 1.41. The molecule has 1 atom stereocenters. The first-order chi connectivity index (χ1) is 15.8. The molecule has 8 nitrogen and oxygen atoms in total. The van der Waals surface area contributed by atoms with Crippen molar-refractivity contribution in [2.45, 2.75) is 26.2 Å². The second-order valence-corrected chi connectivity index (χ2v) is 9.45. The minimum atomic E-state index is -0.358. The molecule has 1 saturated heterocycles. The van der Waals surface area contributed by atoms with Gasteiger partial charge >= 0.3 is 0 Å². The first kappa shape index (κ1) is 22.9. The molecule has 10 heteroatoms. The van der Waals surface area contributed by atoms with Gasteiger partial charge in [-0.3, -0.25) is 19.7 Å². The van der Waals surface area contributed by atoms with Crippen LogP contribution in [-0.2, 0) is 9.59 Å². The average Bonchev–Trinajstić information content (AvgIpc) is 3.41. The van der Waals surface area contributed by atoms with Gasteiger partial charge < -0.3 is 10.2 Å². The van der Waals surface area contributed by atoms with Crippen LogP contribution in [0, 0.1) is 5.92 Å². The van der Waals surface area contributed by atoms with Crippen molar-refractivity contribution in [1.29, 1.82) is 0 Å². The maximum absolute atomic E-state index is 12.7. The van der Waals surface area contributed by atoms with Gasteiger partial charge in [0.15, 0.2) is 0 Å². The number of benzene rings is 2. The molecule has 0 saturated carbocycles. The lowest BCUT2D eigenvalue weighted by molar-refractivity contribution is -0.119. The van der Waals surface area contributed by atoms with Crippen LogP contribution in [-0.4, -0.2) is 34.5 Å². The summed E-state index contributed by atoms with van der Waals surface area (Å²) < 4.78 is 0. The van der Waals surface area contributed by atoms with Crippen molar-refractivity contribution < 1.29 is 14.4 Å². The van der Waals surface area contributed by atoms with Crippen molar-refractivity contribution in [2.24, 2.45) is 5.92 Å². The number of hydrogen-bond acceptors (Lipinski definition) is 6. The smallest absolute Gasteiger partial charge is 0.257 e. The Labute approximate surface area is 200 Å². The van der Waals surface area contributed by atoms with Crippen LogP contribution in [0.4, 0.5) is 16.5 Å². The van der Waals surface area contributed by atoms with Crippen molar-refractivity contribution >= 4 is 57.2 Å². The number of amides is 3. The van der Waals surface area contributed by atoms with Crippen molar-refractivity contribution in [3.63, 3.8) is 0 Å². The second kappa shape index (κ2) is 9.68. The van der Waals surface area contributed by atoms with Gasteiger partial charge in [0.25, 0.3) is 5.91 Å². The number of carbonyl (C=O) groups is 3. The van der Waals surface area contributed by atoms with Crippen molar-refractivity contribution in [3.8, 4) is 0 Å². The van der Waals surface area contributed by atoms with E-state index >= 15 is 0 Å². The number of hydrogen-bond donors (Lipinski definition) is 2. The van der Waals surface area contributed by atoms with Crippen molar-refractivity contribution in [3.05, 3.63) is 64.1 Å². The molecule has 2 aromatic carbocycles. The summed E-state index contributed by atoms with van der Waals surface area (Å²) in [4.78, 5) is 38.8. The molecule has 170 valence electrons. The zero-order valence-electron chi connectivity index (χ0n) is 18.0. The van der Waals surface area contributed by atoms with E-state index in [0.717, 1.165) is 5.69 Å². The van der Waals surface area contributed by atoms with Gasteiger partial charge in [0.1, 0.15) is 5.01 Å². The number of nitrogens with zero attached hydrogens (tertiary/aromatic N) is 3. The SMILES string of the molecule is CC(C)C(=O)Nc1cccc(C(=O)Nc2nnc([C@H]3CC(=O)N(c4ccc(Cl)cc4)C3)s2)c1. The fraction of sp³-hybridized carbons (Fsp3) is 0.261. The Morgan fingerprint density at radius 2 is 1.88 bits per heavy atom. The number of rotatable bonds is 6. The highest BCUT2D eigenvalue weighted by Crippen LogP contribution is 2.34. The third-order valence-corrected chi connectivity index (χ3v) is 6.44. The van der Waals surface area contributed by atoms with Crippen LogP contribution in [0.25, 0.3) is 0 Å². The molecule has 1 aliphatic heterocycles. The molecule has 0 radical (unpaired) electrons. The van der Waals surface area contributed by atoms with E-state index in [1.165, 1.54) is 11.3 Å². The lowest BCUT2D eigenvalue weighted by Gasteiger charge is -2.16. The number of nitrogens with one attached hydrogen (secondary N) is 2. The third kappa shape index (κ3) is 5.37. The summed E-state index contributed by atoms with van der Waals surface area (Å²) in [5.41, 5.74) is 1.72. The maximum atomic E-state index is 12.7. The molecule has 2 N–H and O–H groups in total. The molecule has 0 unspecified atom stereocenters. The Bertz CT molecular complexity index is 1190. The van der Waals surface area contributed by atoms with Crippen LogP contribution >= 0.6 is 22.9 Å². The summed E-state index contributed by atoms with van der Waals surface area (Å²) >= 11 is 7.19. The predicted octanol–water partition coefficient (Wildman–Crippen LogP) is 4.56. The van der Waals surface area contributed by atoms with Gasteiger partial charge in [-0.25, -0.2) is 0 Å². The first-order valence-electron chi connectivity index (χ1n) is 10.4. The van der Waals surface area contributed by atoms with Gasteiger partial charge in [-0.05, 0) is 42.5 Å². The van der Waals surface area contributed by atoms with Crippen LogP contribution in [0.1, 0.15) is 41.6 Å². The van der Waals surface area contributed by atoms with E-state index in [1.807, 2.05) is 12.1 Å². The minimum Gasteiger partial charge on any atom is -0.326 e. The molecule has 33 heavy (non-hydrogen) atoms. The molecule has 0 spiro atoms. The monoisotopic (exact) mass is 483 g/mol. The van der Waals surface area contributed by atoms with Crippen LogP contribution in [0.3, 0.4) is 0 Å². The summed E-state index contributed by atoms with van der Waals surface area (Å²) in [5.74, 6) is -0.752. The summed E-state index contributed by atoms with van der Waals surface area (Å²) in [6.07, 6.45) is 0.322. The largest absolute Gasteiger partial charge is 0.326 e. The van der Waals surface area contributed by atoms with E-state index in [-0.39, 0.29) is 29.6 Å². The molecular weight excluding hydrogens is 462 g/mol. The van der Waals surface area contributed by atoms with E-state index in [9.17, 15) is 14.4 Å². The van der Waals surface area contributed by atoms with E-state index in [4.69, 9.17) is 11.6 Å². The predicted molar refractivity (Wildman–Crippen MR) is 129 cm³/mol. The summed E-state index contributed by atoms with van der Waals surface area (Å²) in [5, 5.41) is 15.4. The summed E-state index contributed by atoms with van der Waals surface area (Å²) in [6.45, 7) is 4.08. The normalized spacial score (nSPS) is 15.7. The molecule has 3 amide bonds. The van der Waals surface area contributed by atoms with Crippen molar-refractivity contribution in [1.82, 2.24) is 10.2 Å². The average molecular weight is 484 g/mol. The van der Waals surface area contributed by atoms with Crippen LogP contribution in [0.5, 0.6) is 0 Å². The Morgan fingerprint density at radius 3 is 2.61 bits per heavy atom. The lowest BCUT2D eigenvalue weighted by Crippen LogP contribution is -2.24. The molecule has 1 aromatic heterocycles. The minimum absolute atomic E-state index is 0.00312. The number of aromatic nitrogens is 2. The van der Waals surface area contributed by atoms with Gasteiger partial charge in [0, 0.05) is 46.8 Å². The molecule has 0 aliphatic carbocycles. The molecule has 1 aliphatic rings. The van der Waals surface area contributed by atoms with Crippen LogP contribution in [0.2, 0.25) is 5.02 Å². The van der Waals surface area contributed by atoms with Crippen LogP contribution < -0.4 is 15.5 Å². The van der Waals surface area contributed by atoms with E-state index in [1.54, 1.807) is 55.1 Å². The highest BCUT2D eigenvalue weighted by atomic mass is 35.5. The molecule has 0 bridgehead atoms. The molecular formula is C23H22ClN5O3S. The first-order valence-corrected chi connectivity index (χ1v) is 11.6. The number of halogens is 1. The quantitative estimate of drug-likeness (QED) is 0.534. The number of anilines is 3. The topological polar surface area (TPSA) is 104 Å². The molecule has 1 fully saturated rings. The zero-order valence-corrected chi connectivity index (χ0v) is 19.6. The summed E-state index contributed by atoms with van der Waals surface area (Å²) in [6, 6.07) is 13.8. The van der Waals surface area contributed by atoms with E-state index in [2.05, 4.69) is 20.8 Å². The van der Waals surface area contributed by atoms with E-state index in [0.29, 0.717) is 39.4 Å². The van der Waals surface area contributed by atoms with Gasteiger partial charge in [-0.15, -0.1) is 10.2 Å². The Morgan fingerprint density at radius 1 is 1.12 bits per heavy atom. The zero-order chi connectivity index (χ0) is 23.5. The molecule has 2 heterocycles. The number of carbonyl (C=O) groups excluding carboxylic acids is 3. The Hall–Kier alpha value is -3.30. The second-order valence-electron chi connectivity index (χ2n) is 8.01. The molecule has 3 aromatic rings. The van der Waals surface area contributed by atoms with E-state index < -0.39 is 0 Å². The Kier molecular flexibility index (Phi) is 6.71. The van der Waals surface area contributed by atoms with Gasteiger partial charge in [0.05, 0.1) is 0 Å². The third-order valence-electron chi connectivity index (χ3n) is 5.19. The van der Waals surface area contributed by atoms with Crippen LogP contribution in [0.15, 0.2) is 48.5 Å². The molecule has 4 rings (SSSR count).